The van der Waals surface area contributed by atoms with Crippen LogP contribution >= 0.6 is 0 Å². The fraction of sp³-hybridized carbons (Fsp3) is 1.00. The molecule has 5 heteroatoms. The van der Waals surface area contributed by atoms with Crippen molar-refractivity contribution in [1.82, 2.24) is 9.91 Å². The van der Waals surface area contributed by atoms with Crippen LogP contribution < -0.4 is 5.84 Å². The van der Waals surface area contributed by atoms with Crippen molar-refractivity contribution in [1.29, 1.82) is 0 Å². The van der Waals surface area contributed by atoms with E-state index in [0.717, 1.165) is 39.4 Å². The summed E-state index contributed by atoms with van der Waals surface area (Å²) >= 11 is 0. The highest BCUT2D eigenvalue weighted by molar-refractivity contribution is 4.48. The molecule has 0 unspecified atom stereocenters. The molecule has 0 saturated heterocycles. The Kier molecular flexibility index (Phi) is 38.4. The van der Waals surface area contributed by atoms with Gasteiger partial charge in [-0.1, -0.05) is 66.2 Å². The smallest absolute Gasteiger partial charge is 0.0466 e. The maximum absolute atomic E-state index is 5.50. The van der Waals surface area contributed by atoms with Crippen molar-refractivity contribution in [2.45, 2.75) is 105 Å². The molecule has 0 atom stereocenters. The zero-order chi connectivity index (χ0) is 23.3. The van der Waals surface area contributed by atoms with Gasteiger partial charge in [0, 0.05) is 40.0 Å². The van der Waals surface area contributed by atoms with Crippen molar-refractivity contribution >= 4 is 0 Å². The van der Waals surface area contributed by atoms with Gasteiger partial charge in [0.25, 0.3) is 0 Å². The summed E-state index contributed by atoms with van der Waals surface area (Å²) in [6, 6.07) is 0. The molecule has 0 bridgehead atoms. The first-order valence-corrected chi connectivity index (χ1v) is 12.8. The minimum absolute atomic E-state index is 0.929. The van der Waals surface area contributed by atoms with E-state index in [0.29, 0.717) is 0 Å². The SMILES string of the molecule is CC.CCCCOCCCCCCN(C)N.CCCOCCCCCCCN(C)C. The van der Waals surface area contributed by atoms with Crippen LogP contribution in [0.25, 0.3) is 0 Å². The number of nitrogens with two attached hydrogens (primary N) is 1. The normalized spacial score (nSPS) is 10.6. The Hall–Kier alpha value is -0.200. The van der Waals surface area contributed by atoms with Gasteiger partial charge in [-0.2, -0.15) is 0 Å². The van der Waals surface area contributed by atoms with Gasteiger partial charge in [-0.05, 0) is 59.2 Å². The summed E-state index contributed by atoms with van der Waals surface area (Å²) < 4.78 is 10.9. The molecule has 0 aliphatic rings. The quantitative estimate of drug-likeness (QED) is 0.142. The van der Waals surface area contributed by atoms with Crippen LogP contribution in [-0.2, 0) is 9.47 Å². The monoisotopic (exact) mass is 433 g/mol. The molecular formula is C25H59N3O2. The molecule has 0 aliphatic heterocycles. The molecule has 0 saturated carbocycles. The predicted octanol–water partition coefficient (Wildman–Crippen LogP) is 6.12. The molecule has 0 spiro atoms. The molecule has 0 aliphatic carbocycles. The Labute approximate surface area is 191 Å². The van der Waals surface area contributed by atoms with Crippen molar-refractivity contribution in [3.05, 3.63) is 0 Å². The van der Waals surface area contributed by atoms with Crippen molar-refractivity contribution in [2.75, 3.05) is 60.7 Å². The number of rotatable bonds is 20. The van der Waals surface area contributed by atoms with Gasteiger partial charge in [-0.3, -0.25) is 10.9 Å². The van der Waals surface area contributed by atoms with Gasteiger partial charge in [0.05, 0.1) is 0 Å². The second kappa shape index (κ2) is 33.4. The van der Waals surface area contributed by atoms with E-state index < -0.39 is 0 Å². The number of ether oxygens (including phenoxy) is 2. The van der Waals surface area contributed by atoms with E-state index in [1.807, 2.05) is 20.9 Å². The van der Waals surface area contributed by atoms with Crippen LogP contribution in [0.2, 0.25) is 0 Å². The maximum atomic E-state index is 5.50. The molecule has 0 heterocycles. The van der Waals surface area contributed by atoms with Crippen molar-refractivity contribution in [3.8, 4) is 0 Å². The predicted molar refractivity (Wildman–Crippen MR) is 135 cm³/mol. The number of hydrogen-bond acceptors (Lipinski definition) is 5. The van der Waals surface area contributed by atoms with Gasteiger partial charge < -0.3 is 14.4 Å². The van der Waals surface area contributed by atoms with E-state index in [1.165, 1.54) is 77.2 Å². The van der Waals surface area contributed by atoms with Gasteiger partial charge in [0.1, 0.15) is 0 Å². The summed E-state index contributed by atoms with van der Waals surface area (Å²) in [6.07, 6.45) is 15.1. The van der Waals surface area contributed by atoms with E-state index in [2.05, 4.69) is 32.8 Å². The Morgan fingerprint density at radius 1 is 0.533 bits per heavy atom. The second-order valence-electron chi connectivity index (χ2n) is 8.04. The van der Waals surface area contributed by atoms with E-state index >= 15 is 0 Å². The van der Waals surface area contributed by atoms with Gasteiger partial charge in [-0.15, -0.1) is 0 Å². The molecule has 0 amide bonds. The molecule has 0 aromatic rings. The van der Waals surface area contributed by atoms with Crippen LogP contribution in [0.1, 0.15) is 105 Å². The molecular weight excluding hydrogens is 374 g/mol. The Bertz CT molecular complexity index is 239. The van der Waals surface area contributed by atoms with Crippen molar-refractivity contribution in [3.63, 3.8) is 0 Å². The lowest BCUT2D eigenvalue weighted by atomic mass is 10.1. The van der Waals surface area contributed by atoms with Crippen LogP contribution in [0, 0.1) is 0 Å². The highest BCUT2D eigenvalue weighted by Gasteiger charge is 1.94. The van der Waals surface area contributed by atoms with Crippen LogP contribution in [0.15, 0.2) is 0 Å². The standard InChI is InChI=1S/C12H27NO.C11H26N2O.C2H6/c1-4-11-14-12-9-7-5-6-8-10-13(2)3;1-3-4-10-14-11-8-6-5-7-9-13(2)12;1-2/h4-12H2,1-3H3;3-12H2,1-2H3;1-2H3. The highest BCUT2D eigenvalue weighted by atomic mass is 16.5. The molecule has 5 nitrogen and oxygen atoms in total. The van der Waals surface area contributed by atoms with E-state index in [9.17, 15) is 0 Å². The lowest BCUT2D eigenvalue weighted by Gasteiger charge is -2.08. The van der Waals surface area contributed by atoms with E-state index in [-0.39, 0.29) is 0 Å². The first-order chi connectivity index (χ1) is 14.5. The molecule has 0 aromatic heterocycles. The van der Waals surface area contributed by atoms with Gasteiger partial charge in [-0.25, -0.2) is 0 Å². The second-order valence-corrected chi connectivity index (χ2v) is 8.04. The number of nitrogens with zero attached hydrogens (tertiary/aromatic N) is 2. The molecule has 0 aromatic carbocycles. The van der Waals surface area contributed by atoms with Gasteiger partial charge in [0.2, 0.25) is 0 Å². The third-order valence-corrected chi connectivity index (χ3v) is 4.43. The third kappa shape index (κ3) is 42.0. The summed E-state index contributed by atoms with van der Waals surface area (Å²) in [6.45, 7) is 14.3. The summed E-state index contributed by atoms with van der Waals surface area (Å²) in [5.74, 6) is 5.50. The summed E-state index contributed by atoms with van der Waals surface area (Å²) in [5, 5.41) is 1.75. The summed E-state index contributed by atoms with van der Waals surface area (Å²) in [4.78, 5) is 2.25. The number of unbranched alkanes of at least 4 members (excludes halogenated alkanes) is 8. The minimum atomic E-state index is 0.929. The largest absolute Gasteiger partial charge is 0.381 e. The first kappa shape index (κ1) is 34.4. The van der Waals surface area contributed by atoms with Crippen molar-refractivity contribution < 1.29 is 9.47 Å². The molecule has 186 valence electrons. The maximum Gasteiger partial charge on any atom is 0.0466 e. The van der Waals surface area contributed by atoms with E-state index in [1.54, 1.807) is 5.01 Å². The topological polar surface area (TPSA) is 51.0 Å². The fourth-order valence-electron chi connectivity index (χ4n) is 2.68. The minimum Gasteiger partial charge on any atom is -0.381 e. The average molecular weight is 434 g/mol. The Morgan fingerprint density at radius 2 is 0.967 bits per heavy atom. The van der Waals surface area contributed by atoms with E-state index in [4.69, 9.17) is 15.3 Å². The number of hydrazine groups is 1. The zero-order valence-electron chi connectivity index (χ0n) is 22.0. The zero-order valence-corrected chi connectivity index (χ0v) is 22.0. The molecule has 0 rings (SSSR count). The summed E-state index contributed by atoms with van der Waals surface area (Å²) in [5.41, 5.74) is 0. The lowest BCUT2D eigenvalue weighted by Crippen LogP contribution is -2.26. The third-order valence-electron chi connectivity index (χ3n) is 4.43. The average Bonchev–Trinajstić information content (AvgIpc) is 2.73. The fourth-order valence-corrected chi connectivity index (χ4v) is 2.68. The highest BCUT2D eigenvalue weighted by Crippen LogP contribution is 2.03. The molecule has 30 heavy (non-hydrogen) atoms. The lowest BCUT2D eigenvalue weighted by molar-refractivity contribution is 0.127. The van der Waals surface area contributed by atoms with Gasteiger partial charge >= 0.3 is 0 Å². The van der Waals surface area contributed by atoms with Crippen LogP contribution in [0.5, 0.6) is 0 Å². The Morgan fingerprint density at radius 3 is 1.43 bits per heavy atom. The van der Waals surface area contributed by atoms with Crippen LogP contribution in [0.4, 0.5) is 0 Å². The molecule has 0 radical (unpaired) electrons. The van der Waals surface area contributed by atoms with Crippen molar-refractivity contribution in [2.24, 2.45) is 5.84 Å². The first-order valence-electron chi connectivity index (χ1n) is 12.8. The molecule has 2 N–H and O–H groups in total. The molecule has 0 fully saturated rings. The van der Waals surface area contributed by atoms with Crippen LogP contribution in [0.3, 0.4) is 0 Å². The summed E-state index contributed by atoms with van der Waals surface area (Å²) in [7, 11) is 6.19. The van der Waals surface area contributed by atoms with Crippen LogP contribution in [-0.4, -0.2) is 70.6 Å². The Balaban J connectivity index is -0.000000448. The number of hydrogen-bond donors (Lipinski definition) is 1. The van der Waals surface area contributed by atoms with Gasteiger partial charge in [0.15, 0.2) is 0 Å².